The molecule has 60 valence electrons. The summed E-state index contributed by atoms with van der Waals surface area (Å²) in [6.07, 6.45) is 7.00. The number of halogens is 1. The fraction of sp³-hybridized carbons (Fsp3) is 0. The maximum absolute atomic E-state index is 4.58. The Balaban J connectivity index is 0.000000167. The Morgan fingerprint density at radius 1 is 0.818 bits per heavy atom. The molecule has 0 aliphatic rings. The van der Waals surface area contributed by atoms with Crippen molar-refractivity contribution < 1.29 is 4.42 Å². The molecule has 0 amide bonds. The van der Waals surface area contributed by atoms with E-state index in [1.165, 1.54) is 0 Å². The van der Waals surface area contributed by atoms with Crippen molar-refractivity contribution in [2.45, 2.75) is 0 Å². The third kappa shape index (κ3) is 5.30. The minimum Gasteiger partial charge on any atom is -0.473 e. The van der Waals surface area contributed by atoms with Gasteiger partial charge in [0, 0.05) is 12.4 Å². The molecule has 1 N–H and O–H groups in total. The molecule has 0 unspecified atom stereocenters. The Kier molecular flexibility index (Phi) is 6.24. The Bertz CT molecular complexity index is 153. The lowest BCUT2D eigenvalue weighted by Crippen LogP contribution is -1.38. The predicted octanol–water partition coefficient (Wildman–Crippen LogP) is 2.72. The average molecular weight is 172 g/mol. The molecular weight excluding hydrogens is 162 g/mol. The van der Waals surface area contributed by atoms with E-state index in [-0.39, 0.29) is 12.4 Å². The molecule has 3 heteroatoms. The van der Waals surface area contributed by atoms with Crippen LogP contribution in [0.4, 0.5) is 0 Å². The zero-order chi connectivity index (χ0) is 7.07. The van der Waals surface area contributed by atoms with E-state index >= 15 is 0 Å². The quantitative estimate of drug-likeness (QED) is 0.649. The van der Waals surface area contributed by atoms with E-state index in [2.05, 4.69) is 9.40 Å². The van der Waals surface area contributed by atoms with Crippen molar-refractivity contribution in [3.05, 3.63) is 49.2 Å². The van der Waals surface area contributed by atoms with Gasteiger partial charge in [-0.2, -0.15) is 0 Å². The lowest BCUT2D eigenvalue weighted by Gasteiger charge is -1.50. The highest BCUT2D eigenvalue weighted by molar-refractivity contribution is 5.85. The third-order valence-electron chi connectivity index (χ3n) is 0.921. The van der Waals surface area contributed by atoms with Gasteiger partial charge >= 0.3 is 0 Å². The molecular formula is C8H10ClNO. The summed E-state index contributed by atoms with van der Waals surface area (Å²) in [7, 11) is 0. The first kappa shape index (κ1) is 9.85. The van der Waals surface area contributed by atoms with Crippen molar-refractivity contribution in [2.24, 2.45) is 0 Å². The number of furan rings is 1. The average Bonchev–Trinajstić information content (AvgIpc) is 2.67. The van der Waals surface area contributed by atoms with Crippen molar-refractivity contribution in [3.63, 3.8) is 0 Å². The maximum Gasteiger partial charge on any atom is 0.0902 e. The zero-order valence-corrected chi connectivity index (χ0v) is 6.75. The van der Waals surface area contributed by atoms with Crippen LogP contribution in [0.2, 0.25) is 0 Å². The Labute approximate surface area is 71.7 Å². The first-order chi connectivity index (χ1) is 5.00. The summed E-state index contributed by atoms with van der Waals surface area (Å²) in [6, 6.07) is 7.56. The molecule has 0 aliphatic carbocycles. The molecule has 0 atom stereocenters. The molecule has 2 rings (SSSR count). The Morgan fingerprint density at radius 3 is 1.55 bits per heavy atom. The molecule has 0 aromatic carbocycles. The predicted molar refractivity (Wildman–Crippen MR) is 46.7 cm³/mol. The number of H-pyrrole nitrogens is 1. The first-order valence-corrected chi connectivity index (χ1v) is 3.05. The van der Waals surface area contributed by atoms with Crippen LogP contribution in [0.25, 0.3) is 0 Å². The van der Waals surface area contributed by atoms with Crippen molar-refractivity contribution >= 4 is 12.4 Å². The Hall–Kier alpha value is -1.15. The topological polar surface area (TPSA) is 28.9 Å². The molecule has 0 bridgehead atoms. The van der Waals surface area contributed by atoms with Gasteiger partial charge < -0.3 is 9.40 Å². The first-order valence-electron chi connectivity index (χ1n) is 3.05. The van der Waals surface area contributed by atoms with Crippen LogP contribution in [-0.2, 0) is 0 Å². The van der Waals surface area contributed by atoms with E-state index in [9.17, 15) is 0 Å². The van der Waals surface area contributed by atoms with Gasteiger partial charge in [-0.15, -0.1) is 12.4 Å². The van der Waals surface area contributed by atoms with Crippen LogP contribution in [0.5, 0.6) is 0 Å². The number of aromatic amines is 1. The number of hydrogen-bond acceptors (Lipinski definition) is 1. The van der Waals surface area contributed by atoms with Crippen LogP contribution in [0.3, 0.4) is 0 Å². The van der Waals surface area contributed by atoms with E-state index in [4.69, 9.17) is 0 Å². The van der Waals surface area contributed by atoms with E-state index in [0.717, 1.165) is 0 Å². The van der Waals surface area contributed by atoms with Crippen molar-refractivity contribution in [3.8, 4) is 0 Å². The minimum atomic E-state index is 0. The summed E-state index contributed by atoms with van der Waals surface area (Å²) in [6.45, 7) is 0. The molecule has 2 nitrogen and oxygen atoms in total. The second-order valence-electron chi connectivity index (χ2n) is 1.68. The molecule has 0 saturated carbocycles. The van der Waals surface area contributed by atoms with Crippen LogP contribution in [0.15, 0.2) is 53.6 Å². The van der Waals surface area contributed by atoms with Crippen molar-refractivity contribution in [1.82, 2.24) is 4.98 Å². The lowest BCUT2D eigenvalue weighted by atomic mass is 10.7. The maximum atomic E-state index is 4.58. The molecule has 0 saturated heterocycles. The van der Waals surface area contributed by atoms with Crippen LogP contribution in [0, 0.1) is 0 Å². The van der Waals surface area contributed by atoms with Crippen LogP contribution < -0.4 is 0 Å². The molecule has 0 spiro atoms. The third-order valence-corrected chi connectivity index (χ3v) is 0.921. The molecule has 0 radical (unpaired) electrons. The molecule has 2 aromatic heterocycles. The zero-order valence-electron chi connectivity index (χ0n) is 5.94. The molecule has 2 heterocycles. The van der Waals surface area contributed by atoms with Gasteiger partial charge in [0.1, 0.15) is 0 Å². The highest BCUT2D eigenvalue weighted by atomic mass is 35.5. The van der Waals surface area contributed by atoms with Crippen molar-refractivity contribution in [1.29, 1.82) is 0 Å². The van der Waals surface area contributed by atoms with E-state index in [1.807, 2.05) is 36.7 Å². The summed E-state index contributed by atoms with van der Waals surface area (Å²) in [5.74, 6) is 0. The Morgan fingerprint density at radius 2 is 1.36 bits per heavy atom. The summed E-state index contributed by atoms with van der Waals surface area (Å²) in [4.78, 5) is 2.86. The monoisotopic (exact) mass is 171 g/mol. The fourth-order valence-electron chi connectivity index (χ4n) is 0.505. The van der Waals surface area contributed by atoms with Gasteiger partial charge in [0.15, 0.2) is 0 Å². The smallest absolute Gasteiger partial charge is 0.0902 e. The SMILES string of the molecule is Cl.c1cc[nH]c1.c1ccoc1. The molecule has 0 fully saturated rings. The lowest BCUT2D eigenvalue weighted by molar-refractivity contribution is 0.567. The molecule has 2 aromatic rings. The summed E-state index contributed by atoms with van der Waals surface area (Å²) in [5, 5.41) is 0. The number of hydrogen-bond donors (Lipinski definition) is 1. The van der Waals surface area contributed by atoms with Crippen LogP contribution >= 0.6 is 12.4 Å². The highest BCUT2D eigenvalue weighted by Crippen LogP contribution is 1.79. The largest absolute Gasteiger partial charge is 0.473 e. The van der Waals surface area contributed by atoms with Gasteiger partial charge in [-0.3, -0.25) is 0 Å². The normalized spacial score (nSPS) is 7.27. The van der Waals surface area contributed by atoms with Gasteiger partial charge in [0.2, 0.25) is 0 Å². The van der Waals surface area contributed by atoms with Gasteiger partial charge in [0.25, 0.3) is 0 Å². The summed E-state index contributed by atoms with van der Waals surface area (Å²) in [5.41, 5.74) is 0. The van der Waals surface area contributed by atoms with Crippen LogP contribution in [-0.4, -0.2) is 4.98 Å². The standard InChI is InChI=1S/C4H5N.C4H4O.ClH/c2*1-2-4-5-3-1;/h1-5H;1-4H;1H. The van der Waals surface area contributed by atoms with Gasteiger partial charge in [0.05, 0.1) is 12.5 Å². The molecule has 11 heavy (non-hydrogen) atoms. The highest BCUT2D eigenvalue weighted by Gasteiger charge is 1.59. The second-order valence-corrected chi connectivity index (χ2v) is 1.68. The number of aromatic nitrogens is 1. The molecule has 0 aliphatic heterocycles. The van der Waals surface area contributed by atoms with Gasteiger partial charge in [-0.25, -0.2) is 0 Å². The second kappa shape index (κ2) is 6.96. The van der Waals surface area contributed by atoms with E-state index in [1.54, 1.807) is 12.5 Å². The van der Waals surface area contributed by atoms with E-state index < -0.39 is 0 Å². The summed E-state index contributed by atoms with van der Waals surface area (Å²) < 4.78 is 4.58. The van der Waals surface area contributed by atoms with Crippen molar-refractivity contribution in [2.75, 3.05) is 0 Å². The van der Waals surface area contributed by atoms with Gasteiger partial charge in [-0.05, 0) is 24.3 Å². The number of rotatable bonds is 0. The number of nitrogens with one attached hydrogen (secondary N) is 1. The van der Waals surface area contributed by atoms with Crippen LogP contribution in [0.1, 0.15) is 0 Å². The van der Waals surface area contributed by atoms with E-state index in [0.29, 0.717) is 0 Å². The fourth-order valence-corrected chi connectivity index (χ4v) is 0.505. The summed E-state index contributed by atoms with van der Waals surface area (Å²) >= 11 is 0. The van der Waals surface area contributed by atoms with Gasteiger partial charge in [-0.1, -0.05) is 0 Å². The minimum absolute atomic E-state index is 0.